The van der Waals surface area contributed by atoms with E-state index in [-0.39, 0.29) is 0 Å². The van der Waals surface area contributed by atoms with E-state index >= 15 is 0 Å². The summed E-state index contributed by atoms with van der Waals surface area (Å²) in [6.45, 7) is 0. The number of rotatable bonds is 2. The number of fused-ring (bicyclic) bond motifs is 2. The Labute approximate surface area is 171 Å². The number of sulfone groups is 1. The largest absolute Gasteiger partial charge is 0.276 e. The maximum atomic E-state index is 13.1. The van der Waals surface area contributed by atoms with E-state index in [1.807, 2.05) is 0 Å². The van der Waals surface area contributed by atoms with E-state index in [1.54, 1.807) is 36.4 Å². The van der Waals surface area contributed by atoms with Gasteiger partial charge in [-0.1, -0.05) is 45.9 Å². The molecule has 0 saturated carbocycles. The lowest BCUT2D eigenvalue weighted by Crippen LogP contribution is -2.18. The first-order valence-electron chi connectivity index (χ1n) is 7.48. The number of halogens is 2. The van der Waals surface area contributed by atoms with E-state index in [2.05, 4.69) is 0 Å². The zero-order valence-electron chi connectivity index (χ0n) is 13.2. The van der Waals surface area contributed by atoms with E-state index in [1.165, 1.54) is 12.1 Å². The zero-order chi connectivity index (χ0) is 19.3. The second-order valence-electron chi connectivity index (χ2n) is 5.66. The van der Waals surface area contributed by atoms with Crippen molar-refractivity contribution in [3.05, 3.63) is 77.7 Å². The molecule has 2 heterocycles. The Hall–Kier alpha value is -1.77. The maximum absolute atomic E-state index is 13.1. The van der Waals surface area contributed by atoms with Crippen LogP contribution in [-0.2, 0) is 9.84 Å². The fourth-order valence-electron chi connectivity index (χ4n) is 2.64. The van der Waals surface area contributed by atoms with Gasteiger partial charge in [0.15, 0.2) is 0 Å². The fraction of sp³-hybridized carbons (Fsp3) is 0. The van der Waals surface area contributed by atoms with Crippen LogP contribution in [0.1, 0.15) is 0 Å². The Kier molecular flexibility index (Phi) is 4.60. The van der Waals surface area contributed by atoms with Crippen LogP contribution in [0.3, 0.4) is 0 Å². The highest BCUT2D eigenvalue weighted by Gasteiger charge is 2.26. The van der Waals surface area contributed by atoms with Gasteiger partial charge in [0.25, 0.3) is 9.48 Å². The molecule has 0 atom stereocenters. The minimum atomic E-state index is -4.30. The van der Waals surface area contributed by atoms with Crippen LogP contribution in [-0.4, -0.2) is 8.42 Å². The first-order chi connectivity index (χ1) is 12.8. The van der Waals surface area contributed by atoms with Gasteiger partial charge < -0.3 is 0 Å². The highest BCUT2D eigenvalue weighted by Crippen LogP contribution is 2.28. The van der Waals surface area contributed by atoms with E-state index in [0.717, 1.165) is 22.7 Å². The van der Waals surface area contributed by atoms with E-state index in [4.69, 9.17) is 23.2 Å². The smallest absolute Gasteiger partial charge is 0.251 e. The summed E-state index contributed by atoms with van der Waals surface area (Å²) in [6.07, 6.45) is 0. The molecule has 0 N–H and O–H groups in total. The maximum Gasteiger partial charge on any atom is 0.251 e. The summed E-state index contributed by atoms with van der Waals surface area (Å²) in [5.74, 6) is 0. The summed E-state index contributed by atoms with van der Waals surface area (Å²) in [6, 6.07) is 12.2. The highest BCUT2D eigenvalue weighted by molar-refractivity contribution is 7.91. The molecule has 0 fully saturated rings. The molecule has 2 aromatic carbocycles. The van der Waals surface area contributed by atoms with Gasteiger partial charge in [-0.2, -0.15) is 0 Å². The van der Waals surface area contributed by atoms with Crippen molar-refractivity contribution in [2.75, 3.05) is 0 Å². The summed E-state index contributed by atoms with van der Waals surface area (Å²) < 4.78 is 26.1. The number of hydrogen-bond acceptors (Lipinski definition) is 6. The second-order valence-corrected chi connectivity index (χ2v) is 10.5. The van der Waals surface area contributed by atoms with Crippen LogP contribution in [0.25, 0.3) is 20.2 Å². The van der Waals surface area contributed by atoms with Gasteiger partial charge in [-0.15, -0.1) is 0 Å². The second kappa shape index (κ2) is 6.68. The van der Waals surface area contributed by atoms with E-state index in [0.29, 0.717) is 30.2 Å². The average molecular weight is 455 g/mol. The quantitative estimate of drug-likeness (QED) is 0.428. The lowest BCUT2D eigenvalue weighted by atomic mass is 10.2. The van der Waals surface area contributed by atoms with Crippen LogP contribution in [0.4, 0.5) is 0 Å². The molecule has 4 aromatic rings. The SMILES string of the molecule is O=c1sc2ccc(Cl)cc2cc1S(=O)(=O)c1cc2cc(Cl)ccc2sc1=O. The van der Waals surface area contributed by atoms with Gasteiger partial charge in [-0.05, 0) is 59.3 Å². The predicted molar refractivity (Wildman–Crippen MR) is 112 cm³/mol. The summed E-state index contributed by atoms with van der Waals surface area (Å²) in [5, 5.41) is 1.88. The van der Waals surface area contributed by atoms with Crippen molar-refractivity contribution in [2.45, 2.75) is 9.79 Å². The third kappa shape index (κ3) is 3.30. The Balaban J connectivity index is 2.01. The molecule has 9 heteroatoms. The Morgan fingerprint density at radius 3 is 1.48 bits per heavy atom. The molecule has 0 bridgehead atoms. The van der Waals surface area contributed by atoms with Crippen LogP contribution in [0.5, 0.6) is 0 Å². The fourth-order valence-corrected chi connectivity index (χ4v) is 6.62. The summed E-state index contributed by atoms with van der Waals surface area (Å²) in [5.41, 5.74) is 0. The minimum Gasteiger partial charge on any atom is -0.276 e. The molecule has 0 aliphatic heterocycles. The molecular weight excluding hydrogens is 447 g/mol. The monoisotopic (exact) mass is 454 g/mol. The average Bonchev–Trinajstić information content (AvgIpc) is 2.61. The molecule has 0 aliphatic rings. The Morgan fingerprint density at radius 1 is 0.667 bits per heavy atom. The van der Waals surface area contributed by atoms with Gasteiger partial charge in [0, 0.05) is 19.4 Å². The first kappa shape index (κ1) is 18.6. The lowest BCUT2D eigenvalue weighted by molar-refractivity contribution is 0.595. The van der Waals surface area contributed by atoms with Gasteiger partial charge in [0.2, 0.25) is 9.84 Å². The standard InChI is InChI=1S/C18H8Cl2O4S3/c19-11-1-3-13-9(5-11)7-15(17(21)25-13)27(23,24)16-8-10-6-12(20)2-4-14(10)26-18(16)22/h1-8H. The van der Waals surface area contributed by atoms with Crippen LogP contribution in [0.15, 0.2) is 67.9 Å². The van der Waals surface area contributed by atoms with Crippen LogP contribution in [0.2, 0.25) is 10.0 Å². The van der Waals surface area contributed by atoms with Crippen LogP contribution >= 0.6 is 45.9 Å². The van der Waals surface area contributed by atoms with Gasteiger partial charge in [0.05, 0.1) is 0 Å². The molecular formula is C18H8Cl2O4S3. The molecule has 136 valence electrons. The molecule has 4 nitrogen and oxygen atoms in total. The van der Waals surface area contributed by atoms with Gasteiger partial charge >= 0.3 is 0 Å². The number of hydrogen-bond donors (Lipinski definition) is 0. The molecule has 27 heavy (non-hydrogen) atoms. The molecule has 0 amide bonds. The first-order valence-corrected chi connectivity index (χ1v) is 11.3. The van der Waals surface area contributed by atoms with Crippen molar-refractivity contribution in [1.82, 2.24) is 0 Å². The Bertz CT molecular complexity index is 1350. The molecule has 0 unspecified atom stereocenters. The van der Waals surface area contributed by atoms with Crippen molar-refractivity contribution < 1.29 is 8.42 Å². The predicted octanol–water partition coefficient (Wildman–Crippen LogP) is 4.98. The van der Waals surface area contributed by atoms with Crippen molar-refractivity contribution in [2.24, 2.45) is 0 Å². The zero-order valence-corrected chi connectivity index (χ0v) is 17.2. The molecule has 0 spiro atoms. The summed E-state index contributed by atoms with van der Waals surface area (Å²) >= 11 is 13.5. The van der Waals surface area contributed by atoms with Gasteiger partial charge in [-0.3, -0.25) is 9.59 Å². The minimum absolute atomic E-state index is 0.420. The highest BCUT2D eigenvalue weighted by atomic mass is 35.5. The Morgan fingerprint density at radius 2 is 1.07 bits per heavy atom. The van der Waals surface area contributed by atoms with Crippen LogP contribution in [0, 0.1) is 0 Å². The third-order valence-electron chi connectivity index (χ3n) is 3.90. The summed E-state index contributed by atoms with van der Waals surface area (Å²) in [7, 11) is -4.30. The van der Waals surface area contributed by atoms with E-state index < -0.39 is 29.1 Å². The van der Waals surface area contributed by atoms with Gasteiger partial charge in [-0.25, -0.2) is 8.42 Å². The molecule has 0 saturated heterocycles. The van der Waals surface area contributed by atoms with Crippen LogP contribution < -0.4 is 9.48 Å². The van der Waals surface area contributed by atoms with Crippen molar-refractivity contribution in [3.63, 3.8) is 0 Å². The van der Waals surface area contributed by atoms with E-state index in [9.17, 15) is 18.0 Å². The van der Waals surface area contributed by atoms with Crippen molar-refractivity contribution in [1.29, 1.82) is 0 Å². The summed E-state index contributed by atoms with van der Waals surface area (Å²) in [4.78, 5) is 24.0. The van der Waals surface area contributed by atoms with Crippen molar-refractivity contribution >= 4 is 75.9 Å². The molecule has 2 aromatic heterocycles. The van der Waals surface area contributed by atoms with Crippen molar-refractivity contribution in [3.8, 4) is 0 Å². The van der Waals surface area contributed by atoms with Gasteiger partial charge in [0.1, 0.15) is 9.79 Å². The lowest BCUT2D eigenvalue weighted by Gasteiger charge is -2.06. The number of benzene rings is 2. The normalized spacial score (nSPS) is 11.9. The molecule has 0 aliphatic carbocycles. The topological polar surface area (TPSA) is 68.3 Å². The molecule has 0 radical (unpaired) electrons. The third-order valence-corrected chi connectivity index (χ3v) is 8.39. The molecule has 4 rings (SSSR count).